The van der Waals surface area contributed by atoms with E-state index in [0.717, 1.165) is 0 Å². The first kappa shape index (κ1) is 14.9. The van der Waals surface area contributed by atoms with Crippen LogP contribution in [0.4, 0.5) is 5.69 Å². The molecule has 0 fully saturated rings. The SMILES string of the molecule is N#Cc1ccc(C(O)CNc2cc(C#N)ccc2Cl)cc1. The van der Waals surface area contributed by atoms with Gasteiger partial charge in [-0.25, -0.2) is 0 Å². The van der Waals surface area contributed by atoms with Crippen molar-refractivity contribution in [3.8, 4) is 12.1 Å². The summed E-state index contributed by atoms with van der Waals surface area (Å²) in [5.41, 5.74) is 2.34. The number of nitriles is 2. The number of hydrogen-bond donors (Lipinski definition) is 2. The molecule has 0 amide bonds. The highest BCUT2D eigenvalue weighted by Gasteiger charge is 2.09. The number of aliphatic hydroxyl groups is 1. The van der Waals surface area contributed by atoms with Crippen molar-refractivity contribution >= 4 is 17.3 Å². The molecule has 4 nitrogen and oxygen atoms in total. The summed E-state index contributed by atoms with van der Waals surface area (Å²) in [6.07, 6.45) is -0.737. The number of hydrogen-bond acceptors (Lipinski definition) is 4. The second-order valence-corrected chi connectivity index (χ2v) is 4.84. The Kier molecular flexibility index (Phi) is 4.79. The third kappa shape index (κ3) is 3.73. The molecule has 0 aromatic heterocycles. The van der Waals surface area contributed by atoms with E-state index in [9.17, 15) is 5.11 Å². The molecule has 0 heterocycles. The fourth-order valence-electron chi connectivity index (χ4n) is 1.83. The zero-order valence-electron chi connectivity index (χ0n) is 11.0. The molecule has 2 N–H and O–H groups in total. The van der Waals surface area contributed by atoms with Crippen molar-refractivity contribution in [2.75, 3.05) is 11.9 Å². The molecule has 0 saturated heterocycles. The number of anilines is 1. The van der Waals surface area contributed by atoms with E-state index in [0.29, 0.717) is 27.4 Å². The maximum absolute atomic E-state index is 10.1. The van der Waals surface area contributed by atoms with Crippen LogP contribution in [0.5, 0.6) is 0 Å². The predicted octanol–water partition coefficient (Wildman–Crippen LogP) is 3.23. The van der Waals surface area contributed by atoms with Gasteiger partial charge in [-0.1, -0.05) is 23.7 Å². The van der Waals surface area contributed by atoms with Gasteiger partial charge >= 0.3 is 0 Å². The van der Waals surface area contributed by atoms with Crippen LogP contribution in [0.25, 0.3) is 0 Å². The van der Waals surface area contributed by atoms with Crippen molar-refractivity contribution in [2.24, 2.45) is 0 Å². The molecule has 21 heavy (non-hydrogen) atoms. The molecule has 104 valence electrons. The van der Waals surface area contributed by atoms with Crippen LogP contribution >= 0.6 is 11.6 Å². The summed E-state index contributed by atoms with van der Waals surface area (Å²) in [4.78, 5) is 0. The lowest BCUT2D eigenvalue weighted by molar-refractivity contribution is 0.191. The molecule has 0 aliphatic heterocycles. The largest absolute Gasteiger partial charge is 0.387 e. The third-order valence-electron chi connectivity index (χ3n) is 3.01. The van der Waals surface area contributed by atoms with Crippen molar-refractivity contribution < 1.29 is 5.11 Å². The lowest BCUT2D eigenvalue weighted by Gasteiger charge is -2.14. The molecule has 0 aliphatic carbocycles. The Morgan fingerprint density at radius 3 is 2.29 bits per heavy atom. The van der Waals surface area contributed by atoms with Crippen LogP contribution in [-0.4, -0.2) is 11.7 Å². The highest BCUT2D eigenvalue weighted by molar-refractivity contribution is 6.33. The summed E-state index contributed by atoms with van der Waals surface area (Å²) in [6.45, 7) is 0.250. The minimum absolute atomic E-state index is 0.250. The summed E-state index contributed by atoms with van der Waals surface area (Å²) in [7, 11) is 0. The molecule has 0 bridgehead atoms. The first-order chi connectivity index (χ1) is 10.1. The molecule has 2 rings (SSSR count). The molecule has 0 spiro atoms. The standard InChI is InChI=1S/C16H12ClN3O/c17-14-6-3-12(9-19)7-15(14)20-10-16(21)13-4-1-11(8-18)2-5-13/h1-7,16,20-21H,10H2. The van der Waals surface area contributed by atoms with Gasteiger partial charge in [0.25, 0.3) is 0 Å². The Hall–Kier alpha value is -2.53. The van der Waals surface area contributed by atoms with E-state index in [2.05, 4.69) is 5.32 Å². The molecule has 0 radical (unpaired) electrons. The molecular weight excluding hydrogens is 286 g/mol. The lowest BCUT2D eigenvalue weighted by atomic mass is 10.1. The Morgan fingerprint density at radius 2 is 1.67 bits per heavy atom. The number of nitrogens with one attached hydrogen (secondary N) is 1. The topological polar surface area (TPSA) is 79.8 Å². The van der Waals surface area contributed by atoms with E-state index < -0.39 is 6.10 Å². The Morgan fingerprint density at radius 1 is 1.05 bits per heavy atom. The van der Waals surface area contributed by atoms with Crippen molar-refractivity contribution in [1.29, 1.82) is 10.5 Å². The quantitative estimate of drug-likeness (QED) is 0.908. The third-order valence-corrected chi connectivity index (χ3v) is 3.34. The fraction of sp³-hybridized carbons (Fsp3) is 0.125. The van der Waals surface area contributed by atoms with Gasteiger partial charge in [0.2, 0.25) is 0 Å². The van der Waals surface area contributed by atoms with Gasteiger partial charge in [-0.05, 0) is 35.9 Å². The van der Waals surface area contributed by atoms with Crippen LogP contribution in [-0.2, 0) is 0 Å². The second-order valence-electron chi connectivity index (χ2n) is 4.44. The van der Waals surface area contributed by atoms with Crippen molar-refractivity contribution in [3.63, 3.8) is 0 Å². The molecule has 2 aromatic carbocycles. The van der Waals surface area contributed by atoms with Crippen LogP contribution in [0.15, 0.2) is 42.5 Å². The molecule has 1 unspecified atom stereocenters. The molecule has 2 aromatic rings. The van der Waals surface area contributed by atoms with Gasteiger partial charge < -0.3 is 10.4 Å². The first-order valence-electron chi connectivity index (χ1n) is 6.25. The monoisotopic (exact) mass is 297 g/mol. The number of halogens is 1. The minimum atomic E-state index is -0.737. The smallest absolute Gasteiger partial charge is 0.0992 e. The van der Waals surface area contributed by atoms with Gasteiger partial charge in [-0.15, -0.1) is 0 Å². The molecule has 0 aliphatic rings. The summed E-state index contributed by atoms with van der Waals surface area (Å²) < 4.78 is 0. The van der Waals surface area contributed by atoms with Gasteiger partial charge in [-0.2, -0.15) is 10.5 Å². The van der Waals surface area contributed by atoms with Crippen molar-refractivity contribution in [2.45, 2.75) is 6.10 Å². The van der Waals surface area contributed by atoms with Crippen LogP contribution < -0.4 is 5.32 Å². The fourth-order valence-corrected chi connectivity index (χ4v) is 2.02. The van der Waals surface area contributed by atoms with Crippen LogP contribution in [0, 0.1) is 22.7 Å². The van der Waals surface area contributed by atoms with E-state index in [-0.39, 0.29) is 6.54 Å². The molecular formula is C16H12ClN3O. The summed E-state index contributed by atoms with van der Waals surface area (Å²) >= 11 is 6.03. The molecule has 5 heteroatoms. The molecule has 1 atom stereocenters. The van der Waals surface area contributed by atoms with Crippen molar-refractivity contribution in [3.05, 3.63) is 64.2 Å². The maximum Gasteiger partial charge on any atom is 0.0992 e. The van der Waals surface area contributed by atoms with E-state index in [1.807, 2.05) is 12.1 Å². The highest BCUT2D eigenvalue weighted by Crippen LogP contribution is 2.24. The average molecular weight is 298 g/mol. The van der Waals surface area contributed by atoms with E-state index in [1.165, 1.54) is 0 Å². The van der Waals surface area contributed by atoms with Crippen LogP contribution in [0.1, 0.15) is 22.8 Å². The first-order valence-corrected chi connectivity index (χ1v) is 6.63. The number of aliphatic hydroxyl groups excluding tert-OH is 1. The zero-order chi connectivity index (χ0) is 15.2. The Labute approximate surface area is 127 Å². The van der Waals surface area contributed by atoms with Crippen molar-refractivity contribution in [1.82, 2.24) is 0 Å². The summed E-state index contributed by atoms with van der Waals surface area (Å²) in [5, 5.41) is 31.2. The Bertz CT molecular complexity index is 714. The van der Waals surface area contributed by atoms with Crippen LogP contribution in [0.2, 0.25) is 5.02 Å². The number of nitrogens with zero attached hydrogens (tertiary/aromatic N) is 2. The molecule has 0 saturated carbocycles. The predicted molar refractivity (Wildman–Crippen MR) is 80.8 cm³/mol. The number of rotatable bonds is 4. The highest BCUT2D eigenvalue weighted by atomic mass is 35.5. The van der Waals surface area contributed by atoms with Gasteiger partial charge in [0.05, 0.1) is 40.1 Å². The number of benzene rings is 2. The second kappa shape index (κ2) is 6.76. The van der Waals surface area contributed by atoms with E-state index in [4.69, 9.17) is 22.1 Å². The summed E-state index contributed by atoms with van der Waals surface area (Å²) in [6, 6.07) is 15.7. The normalized spacial score (nSPS) is 11.2. The van der Waals surface area contributed by atoms with Gasteiger partial charge in [0, 0.05) is 6.54 Å². The zero-order valence-corrected chi connectivity index (χ0v) is 11.8. The maximum atomic E-state index is 10.1. The minimum Gasteiger partial charge on any atom is -0.387 e. The lowest BCUT2D eigenvalue weighted by Crippen LogP contribution is -2.12. The Balaban J connectivity index is 2.05. The van der Waals surface area contributed by atoms with E-state index >= 15 is 0 Å². The van der Waals surface area contributed by atoms with Gasteiger partial charge in [0.15, 0.2) is 0 Å². The van der Waals surface area contributed by atoms with Gasteiger partial charge in [0.1, 0.15) is 0 Å². The average Bonchev–Trinajstić information content (AvgIpc) is 2.54. The summed E-state index contributed by atoms with van der Waals surface area (Å²) in [5.74, 6) is 0. The van der Waals surface area contributed by atoms with Crippen LogP contribution in [0.3, 0.4) is 0 Å². The van der Waals surface area contributed by atoms with Gasteiger partial charge in [-0.3, -0.25) is 0 Å². The van der Waals surface area contributed by atoms with E-state index in [1.54, 1.807) is 42.5 Å².